The molecule has 5 nitrogen and oxygen atoms in total. The van der Waals surface area contributed by atoms with E-state index < -0.39 is 41.7 Å². The van der Waals surface area contributed by atoms with Crippen LogP contribution in [-0.2, 0) is 17.9 Å². The van der Waals surface area contributed by atoms with Gasteiger partial charge in [0.15, 0.2) is 11.6 Å². The molecule has 0 amide bonds. The molecular weight excluding hydrogens is 531 g/mol. The van der Waals surface area contributed by atoms with E-state index in [0.29, 0.717) is 68.0 Å². The lowest BCUT2D eigenvalue weighted by molar-refractivity contribution is -0.141. The topological polar surface area (TPSA) is 62.7 Å². The molecule has 1 fully saturated rings. The van der Waals surface area contributed by atoms with Gasteiger partial charge in [0.25, 0.3) is 0 Å². The molecule has 10 heteroatoms. The number of carboxylic acid groups (broad SMARTS) is 1. The molecule has 0 saturated carbocycles. The number of pyridine rings is 1. The summed E-state index contributed by atoms with van der Waals surface area (Å²) in [6.07, 6.45) is 1.74. The lowest BCUT2D eigenvalue weighted by atomic mass is 9.71. The number of halogens is 5. The van der Waals surface area contributed by atoms with Crippen LogP contribution in [0.15, 0.2) is 36.5 Å². The average Bonchev–Trinajstić information content (AvgIpc) is 2.94. The molecular formula is C30H33F5N2O3. The van der Waals surface area contributed by atoms with E-state index in [1.54, 1.807) is 18.2 Å². The van der Waals surface area contributed by atoms with Gasteiger partial charge < -0.3 is 14.7 Å². The van der Waals surface area contributed by atoms with Gasteiger partial charge in [-0.3, -0.25) is 9.78 Å². The minimum absolute atomic E-state index is 0.0161. The van der Waals surface area contributed by atoms with Gasteiger partial charge in [0, 0.05) is 28.8 Å². The van der Waals surface area contributed by atoms with Crippen LogP contribution in [0.2, 0.25) is 0 Å². The third kappa shape index (κ3) is 6.89. The highest BCUT2D eigenvalue weighted by Gasteiger charge is 2.37. The van der Waals surface area contributed by atoms with Crippen LogP contribution in [0.5, 0.6) is 5.75 Å². The Kier molecular flexibility index (Phi) is 9.60. The first-order chi connectivity index (χ1) is 19.1. The number of hydrogen-bond acceptors (Lipinski definition) is 4. The maximum absolute atomic E-state index is 15.8. The Bertz CT molecular complexity index is 1340. The molecule has 0 spiro atoms. The molecule has 4 rings (SSSR count). The van der Waals surface area contributed by atoms with Gasteiger partial charge in [0.1, 0.15) is 24.4 Å². The molecule has 1 unspecified atom stereocenters. The van der Waals surface area contributed by atoms with Crippen molar-refractivity contribution in [3.8, 4) is 5.75 Å². The molecule has 1 atom stereocenters. The zero-order chi connectivity index (χ0) is 28.9. The monoisotopic (exact) mass is 564 g/mol. The van der Waals surface area contributed by atoms with Gasteiger partial charge in [0.05, 0.1) is 19.0 Å². The molecule has 1 N–H and O–H groups in total. The maximum atomic E-state index is 15.8. The number of carbonyl (C=O) groups is 1. The second kappa shape index (κ2) is 12.9. The van der Waals surface area contributed by atoms with Crippen molar-refractivity contribution in [3.63, 3.8) is 0 Å². The normalized spacial score (nSPS) is 16.2. The minimum atomic E-state index is -1.52. The number of piperidine rings is 1. The molecule has 1 aliphatic rings. The fourth-order valence-corrected chi connectivity index (χ4v) is 5.79. The number of aromatic nitrogens is 1. The van der Waals surface area contributed by atoms with Gasteiger partial charge in [-0.25, -0.2) is 22.0 Å². The summed E-state index contributed by atoms with van der Waals surface area (Å²) in [6.45, 7) is 0.805. The predicted molar refractivity (Wildman–Crippen MR) is 141 cm³/mol. The fourth-order valence-electron chi connectivity index (χ4n) is 5.79. The van der Waals surface area contributed by atoms with E-state index in [2.05, 4.69) is 9.88 Å². The van der Waals surface area contributed by atoms with E-state index >= 15 is 4.39 Å². The molecule has 3 aromatic rings. The molecule has 1 aromatic heterocycles. The number of nitrogens with zero attached hydrogens (tertiary/aromatic N) is 2. The highest BCUT2D eigenvalue weighted by molar-refractivity contribution is 5.85. The highest BCUT2D eigenvalue weighted by atomic mass is 19.2. The van der Waals surface area contributed by atoms with Crippen LogP contribution < -0.4 is 4.74 Å². The maximum Gasteiger partial charge on any atom is 0.303 e. The molecule has 1 aliphatic heterocycles. The number of ether oxygens (including phenoxy) is 1. The van der Waals surface area contributed by atoms with Crippen LogP contribution in [-0.4, -0.2) is 47.7 Å². The van der Waals surface area contributed by atoms with E-state index in [-0.39, 0.29) is 36.0 Å². The van der Waals surface area contributed by atoms with Crippen molar-refractivity contribution in [1.29, 1.82) is 0 Å². The number of fused-ring (bicyclic) bond motifs is 1. The second-order valence-electron chi connectivity index (χ2n) is 10.6. The van der Waals surface area contributed by atoms with Crippen molar-refractivity contribution in [2.45, 2.75) is 57.8 Å². The Morgan fingerprint density at radius 1 is 1.15 bits per heavy atom. The van der Waals surface area contributed by atoms with Gasteiger partial charge in [-0.05, 0) is 93.4 Å². The molecule has 2 heterocycles. The lowest BCUT2D eigenvalue weighted by Crippen LogP contribution is -2.41. The summed E-state index contributed by atoms with van der Waals surface area (Å²) < 4.78 is 75.8. The molecule has 0 radical (unpaired) electrons. The number of hydrogen-bond donors (Lipinski definition) is 1. The Morgan fingerprint density at radius 3 is 2.58 bits per heavy atom. The van der Waals surface area contributed by atoms with Crippen molar-refractivity contribution < 1.29 is 36.6 Å². The number of aliphatic carboxylic acids is 1. The van der Waals surface area contributed by atoms with Crippen molar-refractivity contribution >= 4 is 16.9 Å². The predicted octanol–water partition coefficient (Wildman–Crippen LogP) is 7.11. The Morgan fingerprint density at radius 2 is 1.90 bits per heavy atom. The fraction of sp³-hybridized carbons (Fsp3) is 0.467. The van der Waals surface area contributed by atoms with Crippen LogP contribution in [0.4, 0.5) is 22.0 Å². The Balaban J connectivity index is 1.41. The Labute approximate surface area is 230 Å². The molecule has 40 heavy (non-hydrogen) atoms. The molecule has 216 valence electrons. The van der Waals surface area contributed by atoms with Crippen molar-refractivity contribution in [2.75, 3.05) is 26.7 Å². The van der Waals surface area contributed by atoms with Gasteiger partial charge in [-0.15, -0.1) is 0 Å². The summed E-state index contributed by atoms with van der Waals surface area (Å²) in [5, 5.41) is 10.1. The first-order valence-electron chi connectivity index (χ1n) is 13.4. The number of alkyl halides is 2. The lowest BCUT2D eigenvalue weighted by Gasteiger charge is -2.41. The zero-order valence-electron chi connectivity index (χ0n) is 22.4. The third-order valence-corrected chi connectivity index (χ3v) is 8.02. The largest absolute Gasteiger partial charge is 0.497 e. The van der Waals surface area contributed by atoms with Gasteiger partial charge in [-0.1, -0.05) is 0 Å². The van der Waals surface area contributed by atoms with Crippen LogP contribution in [0.25, 0.3) is 10.9 Å². The van der Waals surface area contributed by atoms with Crippen LogP contribution >= 0.6 is 0 Å². The minimum Gasteiger partial charge on any atom is -0.497 e. The van der Waals surface area contributed by atoms with Gasteiger partial charge in [0.2, 0.25) is 0 Å². The van der Waals surface area contributed by atoms with Crippen molar-refractivity contribution in [1.82, 2.24) is 9.88 Å². The molecule has 0 aliphatic carbocycles. The van der Waals surface area contributed by atoms with E-state index in [1.807, 2.05) is 0 Å². The number of methoxy groups -OCH3 is 1. The van der Waals surface area contributed by atoms with Crippen LogP contribution in [0, 0.1) is 22.9 Å². The van der Waals surface area contributed by atoms with Gasteiger partial charge in [-0.2, -0.15) is 0 Å². The smallest absolute Gasteiger partial charge is 0.303 e. The average molecular weight is 565 g/mol. The number of benzene rings is 2. The summed E-state index contributed by atoms with van der Waals surface area (Å²) in [6, 6.07) is 6.53. The number of aryl methyl sites for hydroxylation is 1. The van der Waals surface area contributed by atoms with Crippen molar-refractivity contribution in [2.24, 2.45) is 5.41 Å². The zero-order valence-corrected chi connectivity index (χ0v) is 22.4. The summed E-state index contributed by atoms with van der Waals surface area (Å²) in [4.78, 5) is 18.1. The number of rotatable bonds is 12. The Hall–Kier alpha value is -3.27. The summed E-state index contributed by atoms with van der Waals surface area (Å²) >= 11 is 0. The van der Waals surface area contributed by atoms with Crippen molar-refractivity contribution in [3.05, 3.63) is 70.7 Å². The second-order valence-corrected chi connectivity index (χ2v) is 10.6. The SMILES string of the molecule is COc1ccc2ncc(CF)c(C(F)CCC3(CC(=O)O)CCN(CCCc4cc(F)cc(F)c4F)CC3)c2c1. The molecule has 0 bridgehead atoms. The summed E-state index contributed by atoms with van der Waals surface area (Å²) in [7, 11) is 1.49. The van der Waals surface area contributed by atoms with E-state index in [9.17, 15) is 27.5 Å². The van der Waals surface area contributed by atoms with E-state index in [4.69, 9.17) is 4.74 Å². The highest BCUT2D eigenvalue weighted by Crippen LogP contribution is 2.43. The molecule has 1 saturated heterocycles. The quantitative estimate of drug-likeness (QED) is 0.188. The van der Waals surface area contributed by atoms with Gasteiger partial charge >= 0.3 is 5.97 Å². The first kappa shape index (κ1) is 29.7. The standard InChI is InChI=1S/C30H33F5N2O3/c1-40-22-4-5-26-23(15-22)28(20(17-31)18-36-26)24(33)6-7-30(16-27(38)39)8-11-37(12-9-30)10-2-3-19-13-21(32)14-25(34)29(19)35/h4-5,13-15,18,24H,2-3,6-12,16-17H2,1H3,(H,38,39). The molecule has 2 aromatic carbocycles. The first-order valence-corrected chi connectivity index (χ1v) is 13.4. The van der Waals surface area contributed by atoms with E-state index in [1.165, 1.54) is 13.3 Å². The van der Waals surface area contributed by atoms with Crippen LogP contribution in [0.3, 0.4) is 0 Å². The number of likely N-dealkylation sites (tertiary alicyclic amines) is 1. The summed E-state index contributed by atoms with van der Waals surface area (Å²) in [5.41, 5.74) is 0.254. The number of carboxylic acids is 1. The van der Waals surface area contributed by atoms with Crippen LogP contribution in [0.1, 0.15) is 61.4 Å². The summed E-state index contributed by atoms with van der Waals surface area (Å²) in [5.74, 6) is -3.54. The van der Waals surface area contributed by atoms with E-state index in [0.717, 1.165) is 6.07 Å². The third-order valence-electron chi connectivity index (χ3n) is 8.02.